The molecule has 0 aliphatic heterocycles. The van der Waals surface area contributed by atoms with Crippen molar-refractivity contribution in [3.8, 4) is 5.69 Å². The molecule has 0 saturated carbocycles. The van der Waals surface area contributed by atoms with E-state index < -0.39 is 18.4 Å². The van der Waals surface area contributed by atoms with Crippen LogP contribution in [0.15, 0.2) is 24.7 Å². The summed E-state index contributed by atoms with van der Waals surface area (Å²) >= 11 is 7.40. The fourth-order valence-electron chi connectivity index (χ4n) is 2.54. The summed E-state index contributed by atoms with van der Waals surface area (Å²) in [5.74, 6) is -0.335. The van der Waals surface area contributed by atoms with E-state index in [1.54, 1.807) is 6.92 Å². The van der Waals surface area contributed by atoms with Crippen molar-refractivity contribution in [2.24, 2.45) is 0 Å². The Morgan fingerprint density at radius 2 is 2.10 bits per heavy atom. The monoisotopic (exact) mass is 454 g/mol. The average molecular weight is 455 g/mol. The number of aromatic nitrogens is 3. The highest BCUT2D eigenvalue weighted by molar-refractivity contribution is 7.99. The molecule has 0 aliphatic carbocycles. The number of amides is 1. The van der Waals surface area contributed by atoms with Gasteiger partial charge in [0.25, 0.3) is 0 Å². The summed E-state index contributed by atoms with van der Waals surface area (Å²) in [5, 5.41) is 15.4. The minimum atomic E-state index is -4.17. The van der Waals surface area contributed by atoms with Crippen LogP contribution in [0.25, 0.3) is 5.69 Å². The van der Waals surface area contributed by atoms with Crippen molar-refractivity contribution in [3.63, 3.8) is 0 Å². The predicted molar refractivity (Wildman–Crippen MR) is 103 cm³/mol. The number of hydrogen-bond acceptors (Lipinski definition) is 4. The average Bonchev–Trinajstić information content (AvgIpc) is 2.99. The van der Waals surface area contributed by atoms with E-state index in [4.69, 9.17) is 11.6 Å². The first-order chi connectivity index (χ1) is 13.6. The second-order valence-corrected chi connectivity index (χ2v) is 7.62. The summed E-state index contributed by atoms with van der Waals surface area (Å²) < 4.78 is 51.3. The molecular formula is C17H19ClF4N4O2S. The van der Waals surface area contributed by atoms with Gasteiger partial charge in [-0.25, -0.2) is 9.07 Å². The Bertz CT molecular complexity index is 827. The molecule has 0 bridgehead atoms. The summed E-state index contributed by atoms with van der Waals surface area (Å²) in [6, 6.07) is 1.09. The Labute approximate surface area is 174 Å². The van der Waals surface area contributed by atoms with E-state index in [0.717, 1.165) is 18.5 Å². The molecule has 0 radical (unpaired) electrons. The van der Waals surface area contributed by atoms with Crippen LogP contribution >= 0.6 is 23.4 Å². The van der Waals surface area contributed by atoms with Crippen molar-refractivity contribution < 1.29 is 27.1 Å². The van der Waals surface area contributed by atoms with E-state index in [1.807, 2.05) is 0 Å². The molecule has 0 N–H and O–H groups in total. The van der Waals surface area contributed by atoms with Crippen molar-refractivity contribution in [3.05, 3.63) is 40.8 Å². The van der Waals surface area contributed by atoms with Gasteiger partial charge in [0.2, 0.25) is 18.3 Å². The van der Waals surface area contributed by atoms with Gasteiger partial charge in [0.05, 0.1) is 6.20 Å². The van der Waals surface area contributed by atoms with E-state index in [2.05, 4.69) is 5.10 Å². The third-order valence-electron chi connectivity index (χ3n) is 3.83. The Morgan fingerprint density at radius 3 is 2.72 bits per heavy atom. The Hall–Kier alpha value is -2.01. The van der Waals surface area contributed by atoms with Crippen molar-refractivity contribution in [2.75, 3.05) is 23.0 Å². The maximum absolute atomic E-state index is 13.4. The normalized spacial score (nSPS) is 11.7. The van der Waals surface area contributed by atoms with Crippen LogP contribution in [0, 0.1) is 11.0 Å². The summed E-state index contributed by atoms with van der Waals surface area (Å²) in [6.45, 7) is 2.02. The number of anilines is 1. The fraction of sp³-hybridized carbons (Fsp3) is 0.471. The van der Waals surface area contributed by atoms with Gasteiger partial charge in [-0.05, 0) is 19.1 Å². The molecule has 12 heteroatoms. The Balaban J connectivity index is 1.98. The zero-order valence-electron chi connectivity index (χ0n) is 15.5. The smallest absolute Gasteiger partial charge is 0.389 e. The summed E-state index contributed by atoms with van der Waals surface area (Å²) in [4.78, 5) is 13.9. The molecule has 0 atom stereocenters. The van der Waals surface area contributed by atoms with Gasteiger partial charge in [-0.2, -0.15) is 34.8 Å². The van der Waals surface area contributed by atoms with Gasteiger partial charge in [0.1, 0.15) is 11.4 Å². The zero-order valence-corrected chi connectivity index (χ0v) is 17.0. The molecular weight excluding hydrogens is 436 g/mol. The number of halogens is 5. The van der Waals surface area contributed by atoms with Crippen molar-refractivity contribution in [1.29, 1.82) is 0 Å². The van der Waals surface area contributed by atoms with Gasteiger partial charge in [0.15, 0.2) is 11.0 Å². The van der Waals surface area contributed by atoms with E-state index in [0.29, 0.717) is 21.9 Å². The van der Waals surface area contributed by atoms with Crippen molar-refractivity contribution in [1.82, 2.24) is 9.78 Å². The summed E-state index contributed by atoms with van der Waals surface area (Å²) in [7, 11) is 0. The number of carbonyl (C=O) groups is 1. The standard InChI is InChI=1S/C17H19ClF4N4O2S/c1-2-25(15(27)4-7-29-6-3-5-17(20,21)22)14-11-26(23-16(14)18)13-8-12(19)9-24(28)10-13/h8-11H,2-7H2,1H3. The largest absolute Gasteiger partial charge is 0.619 e. The van der Waals surface area contributed by atoms with Gasteiger partial charge in [-0.15, -0.1) is 0 Å². The number of alkyl halides is 3. The predicted octanol–water partition coefficient (Wildman–Crippen LogP) is 4.12. The second-order valence-electron chi connectivity index (χ2n) is 6.04. The Kier molecular flexibility index (Phi) is 8.14. The highest BCUT2D eigenvalue weighted by Crippen LogP contribution is 2.27. The number of thioether (sulfide) groups is 1. The van der Waals surface area contributed by atoms with Gasteiger partial charge in [-0.3, -0.25) is 4.79 Å². The Morgan fingerprint density at radius 1 is 1.38 bits per heavy atom. The van der Waals surface area contributed by atoms with Crippen LogP contribution in [-0.2, 0) is 4.79 Å². The number of pyridine rings is 1. The lowest BCUT2D eigenvalue weighted by Crippen LogP contribution is -2.30. The maximum Gasteiger partial charge on any atom is 0.389 e. The van der Waals surface area contributed by atoms with Gasteiger partial charge in [-0.1, -0.05) is 11.6 Å². The minimum absolute atomic E-state index is 0.000240. The quantitative estimate of drug-likeness (QED) is 0.247. The van der Waals surface area contributed by atoms with Gasteiger partial charge in [0, 0.05) is 31.2 Å². The molecule has 0 aromatic carbocycles. The molecule has 2 heterocycles. The number of rotatable bonds is 9. The lowest BCUT2D eigenvalue weighted by atomic mass is 10.3. The third kappa shape index (κ3) is 7.07. The fourth-order valence-corrected chi connectivity index (χ4v) is 3.64. The maximum atomic E-state index is 13.4. The highest BCUT2D eigenvalue weighted by atomic mass is 35.5. The highest BCUT2D eigenvalue weighted by Gasteiger charge is 2.26. The summed E-state index contributed by atoms with van der Waals surface area (Å²) in [6.07, 6.45) is -1.62. The summed E-state index contributed by atoms with van der Waals surface area (Å²) in [5.41, 5.74) is 0.430. The minimum Gasteiger partial charge on any atom is -0.619 e. The molecule has 1 amide bonds. The van der Waals surface area contributed by atoms with Crippen LogP contribution in [0.2, 0.25) is 5.15 Å². The molecule has 6 nitrogen and oxygen atoms in total. The molecule has 0 fully saturated rings. The first-order valence-electron chi connectivity index (χ1n) is 8.70. The van der Waals surface area contributed by atoms with Crippen LogP contribution in [-0.4, -0.2) is 39.9 Å². The first kappa shape index (κ1) is 23.3. The lowest BCUT2D eigenvalue weighted by molar-refractivity contribution is -0.606. The molecule has 0 saturated heterocycles. The lowest BCUT2D eigenvalue weighted by Gasteiger charge is -2.19. The topological polar surface area (TPSA) is 65.1 Å². The molecule has 2 aromatic rings. The molecule has 0 aliphatic rings. The molecule has 0 spiro atoms. The SMILES string of the molecule is CCN(C(=O)CCSCCCC(F)(F)F)c1cn(-c2cc(F)c[n+]([O-])c2)nc1Cl. The van der Waals surface area contributed by atoms with E-state index in [1.165, 1.54) is 27.5 Å². The van der Waals surface area contributed by atoms with E-state index in [9.17, 15) is 27.6 Å². The van der Waals surface area contributed by atoms with E-state index >= 15 is 0 Å². The zero-order chi connectivity index (χ0) is 21.6. The van der Waals surface area contributed by atoms with Gasteiger partial charge < -0.3 is 10.1 Å². The molecule has 29 heavy (non-hydrogen) atoms. The molecule has 160 valence electrons. The van der Waals surface area contributed by atoms with E-state index in [-0.39, 0.29) is 36.1 Å². The van der Waals surface area contributed by atoms with Crippen LogP contribution in [0.5, 0.6) is 0 Å². The van der Waals surface area contributed by atoms with Crippen LogP contribution in [0.3, 0.4) is 0 Å². The van der Waals surface area contributed by atoms with Gasteiger partial charge >= 0.3 is 6.18 Å². The van der Waals surface area contributed by atoms with Crippen molar-refractivity contribution in [2.45, 2.75) is 32.4 Å². The second kappa shape index (κ2) is 10.1. The molecule has 2 rings (SSSR count). The van der Waals surface area contributed by atoms with Crippen LogP contribution in [0.1, 0.15) is 26.2 Å². The molecule has 0 unspecified atom stereocenters. The number of hydrogen-bond donors (Lipinski definition) is 0. The van der Waals surface area contributed by atoms with Crippen LogP contribution < -0.4 is 9.63 Å². The number of carbonyl (C=O) groups excluding carboxylic acids is 1. The van der Waals surface area contributed by atoms with Crippen LogP contribution in [0.4, 0.5) is 23.2 Å². The van der Waals surface area contributed by atoms with Crippen molar-refractivity contribution >= 4 is 35.0 Å². The molecule has 2 aromatic heterocycles. The third-order valence-corrected chi connectivity index (χ3v) is 5.17. The first-order valence-corrected chi connectivity index (χ1v) is 10.2. The number of nitrogens with zero attached hydrogens (tertiary/aromatic N) is 4.